The summed E-state index contributed by atoms with van der Waals surface area (Å²) in [5, 5.41) is 0. The summed E-state index contributed by atoms with van der Waals surface area (Å²) in [4.78, 5) is 10.5. The average molecular weight is 321 g/mol. The first-order chi connectivity index (χ1) is 11.8. The number of aromatic nitrogens is 2. The SMILES string of the molecule is COc1ccc(CN2CCC(c3c[nH]c4cccnc34)CC2)cc1. The Balaban J connectivity index is 1.39. The highest BCUT2D eigenvalue weighted by Crippen LogP contribution is 2.32. The van der Waals surface area contributed by atoms with E-state index in [0.29, 0.717) is 5.92 Å². The number of benzene rings is 1. The lowest BCUT2D eigenvalue weighted by Gasteiger charge is -2.31. The summed E-state index contributed by atoms with van der Waals surface area (Å²) >= 11 is 0. The zero-order valence-electron chi connectivity index (χ0n) is 14.0. The molecule has 0 spiro atoms. The molecule has 0 radical (unpaired) electrons. The largest absolute Gasteiger partial charge is 0.497 e. The normalized spacial score (nSPS) is 16.5. The first-order valence-electron chi connectivity index (χ1n) is 8.61. The van der Waals surface area contributed by atoms with Crippen LogP contribution in [0.5, 0.6) is 5.75 Å². The second-order valence-corrected chi connectivity index (χ2v) is 6.54. The van der Waals surface area contributed by atoms with Crippen LogP contribution in [0.1, 0.15) is 29.9 Å². The first kappa shape index (κ1) is 15.2. The maximum Gasteiger partial charge on any atom is 0.118 e. The van der Waals surface area contributed by atoms with Crippen molar-refractivity contribution in [3.63, 3.8) is 0 Å². The topological polar surface area (TPSA) is 41.1 Å². The van der Waals surface area contributed by atoms with Crippen molar-refractivity contribution in [1.29, 1.82) is 0 Å². The number of H-pyrrole nitrogens is 1. The van der Waals surface area contributed by atoms with Gasteiger partial charge in [0.05, 0.1) is 18.1 Å². The van der Waals surface area contributed by atoms with Crippen molar-refractivity contribution in [2.24, 2.45) is 0 Å². The number of nitrogens with zero attached hydrogens (tertiary/aromatic N) is 2. The lowest BCUT2D eigenvalue weighted by molar-refractivity contribution is 0.205. The molecule has 4 heteroatoms. The van der Waals surface area contributed by atoms with Crippen molar-refractivity contribution in [1.82, 2.24) is 14.9 Å². The number of aromatic amines is 1. The molecule has 1 N–H and O–H groups in total. The molecule has 0 atom stereocenters. The quantitative estimate of drug-likeness (QED) is 0.791. The number of hydrogen-bond donors (Lipinski definition) is 1. The van der Waals surface area contributed by atoms with Gasteiger partial charge < -0.3 is 9.72 Å². The Kier molecular flexibility index (Phi) is 4.22. The van der Waals surface area contributed by atoms with Crippen molar-refractivity contribution >= 4 is 11.0 Å². The number of ether oxygens (including phenoxy) is 1. The van der Waals surface area contributed by atoms with Crippen LogP contribution in [0.25, 0.3) is 11.0 Å². The fourth-order valence-corrected chi connectivity index (χ4v) is 3.68. The fraction of sp³-hybridized carbons (Fsp3) is 0.350. The molecule has 124 valence electrons. The third-order valence-corrected chi connectivity index (χ3v) is 5.06. The zero-order valence-corrected chi connectivity index (χ0v) is 14.0. The van der Waals surface area contributed by atoms with Crippen LogP contribution >= 0.6 is 0 Å². The lowest BCUT2D eigenvalue weighted by Crippen LogP contribution is -2.32. The summed E-state index contributed by atoms with van der Waals surface area (Å²) in [6.07, 6.45) is 6.43. The molecule has 3 aromatic rings. The second kappa shape index (κ2) is 6.65. The Labute approximate surface area is 142 Å². The van der Waals surface area contributed by atoms with Gasteiger partial charge in [-0.3, -0.25) is 9.88 Å². The first-order valence-corrected chi connectivity index (χ1v) is 8.61. The molecule has 2 aromatic heterocycles. The van der Waals surface area contributed by atoms with Crippen LogP contribution in [-0.4, -0.2) is 35.1 Å². The van der Waals surface area contributed by atoms with E-state index >= 15 is 0 Å². The zero-order chi connectivity index (χ0) is 16.4. The molecule has 1 saturated heterocycles. The Morgan fingerprint density at radius 3 is 2.71 bits per heavy atom. The van der Waals surface area contributed by atoms with Gasteiger partial charge in [0.2, 0.25) is 0 Å². The summed E-state index contributed by atoms with van der Waals surface area (Å²) in [7, 11) is 1.71. The second-order valence-electron chi connectivity index (χ2n) is 6.54. The number of nitrogens with one attached hydrogen (secondary N) is 1. The molecule has 0 saturated carbocycles. The number of rotatable bonds is 4. The van der Waals surface area contributed by atoms with Crippen molar-refractivity contribution < 1.29 is 4.74 Å². The van der Waals surface area contributed by atoms with Crippen molar-refractivity contribution in [2.45, 2.75) is 25.3 Å². The fourth-order valence-electron chi connectivity index (χ4n) is 3.68. The summed E-state index contributed by atoms with van der Waals surface area (Å²) < 4.78 is 5.23. The predicted octanol–water partition coefficient (Wildman–Crippen LogP) is 3.95. The van der Waals surface area contributed by atoms with Gasteiger partial charge in [-0.25, -0.2) is 0 Å². The minimum absolute atomic E-state index is 0.612. The van der Waals surface area contributed by atoms with Crippen molar-refractivity contribution in [3.8, 4) is 5.75 Å². The van der Waals surface area contributed by atoms with E-state index in [2.05, 4.69) is 39.3 Å². The Bertz CT molecular complexity index is 801. The van der Waals surface area contributed by atoms with Gasteiger partial charge in [0.15, 0.2) is 0 Å². The molecule has 3 heterocycles. The molecule has 0 bridgehead atoms. The van der Waals surface area contributed by atoms with Crippen molar-refractivity contribution in [2.75, 3.05) is 20.2 Å². The highest BCUT2D eigenvalue weighted by molar-refractivity contribution is 5.79. The molecule has 0 aliphatic carbocycles. The molecular weight excluding hydrogens is 298 g/mol. The average Bonchev–Trinajstić information content (AvgIpc) is 3.07. The molecule has 1 fully saturated rings. The van der Waals surface area contributed by atoms with E-state index in [1.165, 1.54) is 24.0 Å². The molecule has 1 aliphatic heterocycles. The standard InChI is InChI=1S/C20H23N3O/c1-24-17-6-4-15(5-7-17)14-23-11-8-16(9-12-23)18-13-22-19-3-2-10-21-20(18)19/h2-7,10,13,16,22H,8-9,11-12,14H2,1H3. The number of hydrogen-bond acceptors (Lipinski definition) is 3. The summed E-state index contributed by atoms with van der Waals surface area (Å²) in [5.41, 5.74) is 5.02. The van der Waals surface area contributed by atoms with Gasteiger partial charge in [-0.05, 0) is 67.2 Å². The summed E-state index contributed by atoms with van der Waals surface area (Å²) in [6.45, 7) is 3.29. The van der Waals surface area contributed by atoms with Crippen molar-refractivity contribution in [3.05, 3.63) is 59.9 Å². The third kappa shape index (κ3) is 3.02. The van der Waals surface area contributed by atoms with Gasteiger partial charge in [-0.15, -0.1) is 0 Å². The number of pyridine rings is 1. The number of fused-ring (bicyclic) bond motifs is 1. The summed E-state index contributed by atoms with van der Waals surface area (Å²) in [5.74, 6) is 1.53. The molecule has 4 nitrogen and oxygen atoms in total. The number of piperidine rings is 1. The minimum Gasteiger partial charge on any atom is -0.497 e. The maximum absolute atomic E-state index is 5.23. The molecule has 24 heavy (non-hydrogen) atoms. The van der Waals surface area contributed by atoms with Gasteiger partial charge >= 0.3 is 0 Å². The van der Waals surface area contributed by atoms with E-state index in [4.69, 9.17) is 4.74 Å². The van der Waals surface area contributed by atoms with Gasteiger partial charge in [0.1, 0.15) is 5.75 Å². The van der Waals surface area contributed by atoms with Crippen LogP contribution in [0.2, 0.25) is 0 Å². The Morgan fingerprint density at radius 1 is 1.17 bits per heavy atom. The molecule has 0 amide bonds. The smallest absolute Gasteiger partial charge is 0.118 e. The molecule has 4 rings (SSSR count). The van der Waals surface area contributed by atoms with Gasteiger partial charge in [-0.1, -0.05) is 12.1 Å². The monoisotopic (exact) mass is 321 g/mol. The van der Waals surface area contributed by atoms with Crippen LogP contribution in [0.15, 0.2) is 48.8 Å². The highest BCUT2D eigenvalue weighted by atomic mass is 16.5. The highest BCUT2D eigenvalue weighted by Gasteiger charge is 2.23. The van der Waals surface area contributed by atoms with Crippen LogP contribution in [0, 0.1) is 0 Å². The minimum atomic E-state index is 0.612. The van der Waals surface area contributed by atoms with Crippen LogP contribution in [0.3, 0.4) is 0 Å². The molecular formula is C20H23N3O. The van der Waals surface area contributed by atoms with Crippen LogP contribution in [0.4, 0.5) is 0 Å². The van der Waals surface area contributed by atoms with Gasteiger partial charge in [-0.2, -0.15) is 0 Å². The molecule has 0 unspecified atom stereocenters. The molecule has 1 aromatic carbocycles. The van der Waals surface area contributed by atoms with Crippen LogP contribution < -0.4 is 4.74 Å². The number of likely N-dealkylation sites (tertiary alicyclic amines) is 1. The predicted molar refractivity (Wildman–Crippen MR) is 96.3 cm³/mol. The van der Waals surface area contributed by atoms with E-state index in [0.717, 1.165) is 36.4 Å². The maximum atomic E-state index is 5.23. The lowest BCUT2D eigenvalue weighted by atomic mass is 9.90. The Morgan fingerprint density at radius 2 is 1.96 bits per heavy atom. The Hall–Kier alpha value is -2.33. The number of methoxy groups -OCH3 is 1. The van der Waals surface area contributed by atoms with Crippen LogP contribution in [-0.2, 0) is 6.54 Å². The van der Waals surface area contributed by atoms with E-state index in [1.807, 2.05) is 24.4 Å². The van der Waals surface area contributed by atoms with E-state index < -0.39 is 0 Å². The third-order valence-electron chi connectivity index (χ3n) is 5.06. The summed E-state index contributed by atoms with van der Waals surface area (Å²) in [6, 6.07) is 12.5. The van der Waals surface area contributed by atoms with Gasteiger partial charge in [0.25, 0.3) is 0 Å². The van der Waals surface area contributed by atoms with E-state index in [1.54, 1.807) is 7.11 Å². The van der Waals surface area contributed by atoms with Gasteiger partial charge in [0, 0.05) is 18.9 Å². The molecule has 1 aliphatic rings. The van der Waals surface area contributed by atoms with E-state index in [9.17, 15) is 0 Å². The van der Waals surface area contributed by atoms with E-state index in [-0.39, 0.29) is 0 Å².